The molecule has 0 N–H and O–H groups in total. The molecule has 0 aliphatic heterocycles. The zero-order chi connectivity index (χ0) is 22.8. The van der Waals surface area contributed by atoms with Gasteiger partial charge in [-0.1, -0.05) is 24.3 Å². The Kier molecular flexibility index (Phi) is 6.66. The van der Waals surface area contributed by atoms with Gasteiger partial charge in [-0.05, 0) is 44.0 Å². The van der Waals surface area contributed by atoms with E-state index in [9.17, 15) is 13.2 Å². The molecule has 0 saturated carbocycles. The summed E-state index contributed by atoms with van der Waals surface area (Å²) in [4.78, 5) is 14.5. The predicted molar refractivity (Wildman–Crippen MR) is 117 cm³/mol. The molecule has 0 saturated heterocycles. The summed E-state index contributed by atoms with van der Waals surface area (Å²) in [7, 11) is -0.574. The summed E-state index contributed by atoms with van der Waals surface area (Å²) in [6.45, 7) is 5.86. The number of rotatable bonds is 8. The maximum atomic E-state index is 13.1. The third-order valence-electron chi connectivity index (χ3n) is 5.32. The van der Waals surface area contributed by atoms with Gasteiger partial charge in [0.05, 0.1) is 24.2 Å². The quantitative estimate of drug-likeness (QED) is 0.533. The molecule has 0 bridgehead atoms. The van der Waals surface area contributed by atoms with Crippen molar-refractivity contribution in [3.63, 3.8) is 0 Å². The average Bonchev–Trinajstić information content (AvgIpc) is 3.31. The molecule has 3 rings (SSSR count). The minimum absolute atomic E-state index is 0.0352. The molecule has 2 aromatic heterocycles. The molecule has 0 fully saturated rings. The minimum atomic E-state index is -3.80. The molecular weight excluding hydrogens is 416 g/mol. The van der Waals surface area contributed by atoms with E-state index in [0.717, 1.165) is 11.1 Å². The number of carbonyl (C=O) groups excluding carboxylic acids is 1. The third kappa shape index (κ3) is 4.88. The molecule has 0 aliphatic carbocycles. The first-order valence-electron chi connectivity index (χ1n) is 9.92. The van der Waals surface area contributed by atoms with Gasteiger partial charge in [0.15, 0.2) is 0 Å². The second-order valence-electron chi connectivity index (χ2n) is 7.67. The molecule has 166 valence electrons. The van der Waals surface area contributed by atoms with E-state index in [-0.39, 0.29) is 23.9 Å². The van der Waals surface area contributed by atoms with Crippen LogP contribution < -0.4 is 0 Å². The number of aryl methyl sites for hydroxylation is 2. The van der Waals surface area contributed by atoms with E-state index in [2.05, 4.69) is 5.10 Å². The number of nitrogens with zero attached hydrogens (tertiary/aromatic N) is 4. The molecule has 3 aromatic rings. The second kappa shape index (κ2) is 9.07. The summed E-state index contributed by atoms with van der Waals surface area (Å²) >= 11 is 0. The van der Waals surface area contributed by atoms with Gasteiger partial charge in [0.2, 0.25) is 15.9 Å². The molecule has 31 heavy (non-hydrogen) atoms. The lowest BCUT2D eigenvalue weighted by molar-refractivity contribution is -0.131. The van der Waals surface area contributed by atoms with Gasteiger partial charge in [-0.15, -0.1) is 0 Å². The van der Waals surface area contributed by atoms with Gasteiger partial charge in [-0.3, -0.25) is 9.48 Å². The van der Waals surface area contributed by atoms with Crippen LogP contribution in [0.3, 0.4) is 0 Å². The number of sulfonamides is 1. The standard InChI is InChI=1S/C22H28N4O4S/c1-16-9-6-7-10-19(16)13-24(4)21(27)15-26-18(3)22(17(2)23-26)31(28,29)25(5)14-20-11-8-12-30-20/h6-12H,13-15H2,1-5H3. The Balaban J connectivity index is 1.77. The van der Waals surface area contributed by atoms with Gasteiger partial charge in [0, 0.05) is 20.6 Å². The SMILES string of the molecule is Cc1ccccc1CN(C)C(=O)Cn1nc(C)c(S(=O)(=O)N(C)Cc2ccco2)c1C. The van der Waals surface area contributed by atoms with E-state index >= 15 is 0 Å². The largest absolute Gasteiger partial charge is 0.468 e. The number of benzene rings is 1. The fourth-order valence-corrected chi connectivity index (χ4v) is 4.95. The molecule has 0 radical (unpaired) electrons. The van der Waals surface area contributed by atoms with Crippen molar-refractivity contribution in [3.8, 4) is 0 Å². The van der Waals surface area contributed by atoms with Crippen LogP contribution in [-0.2, 0) is 34.5 Å². The normalized spacial score (nSPS) is 11.8. The molecule has 1 aromatic carbocycles. The number of hydrogen-bond donors (Lipinski definition) is 0. The zero-order valence-electron chi connectivity index (χ0n) is 18.5. The summed E-state index contributed by atoms with van der Waals surface area (Å²) < 4.78 is 34.2. The highest BCUT2D eigenvalue weighted by Gasteiger charge is 2.30. The maximum Gasteiger partial charge on any atom is 0.246 e. The molecule has 8 nitrogen and oxygen atoms in total. The molecule has 0 aliphatic rings. The first kappa shape index (κ1) is 22.8. The van der Waals surface area contributed by atoms with Gasteiger partial charge < -0.3 is 9.32 Å². The van der Waals surface area contributed by atoms with Gasteiger partial charge in [0.1, 0.15) is 17.2 Å². The van der Waals surface area contributed by atoms with Gasteiger partial charge in [-0.2, -0.15) is 9.40 Å². The molecular formula is C22H28N4O4S. The predicted octanol–water partition coefficient (Wildman–Crippen LogP) is 2.88. The van der Waals surface area contributed by atoms with E-state index < -0.39 is 10.0 Å². The Bertz CT molecular complexity index is 1170. The highest BCUT2D eigenvalue weighted by molar-refractivity contribution is 7.89. The van der Waals surface area contributed by atoms with Crippen LogP contribution in [0.2, 0.25) is 0 Å². The van der Waals surface area contributed by atoms with Crippen molar-refractivity contribution in [2.75, 3.05) is 14.1 Å². The lowest BCUT2D eigenvalue weighted by Crippen LogP contribution is -2.31. The van der Waals surface area contributed by atoms with Crippen LogP contribution in [0.5, 0.6) is 0 Å². The number of furan rings is 1. The average molecular weight is 445 g/mol. The van der Waals surface area contributed by atoms with E-state index in [0.29, 0.717) is 23.7 Å². The second-order valence-corrected chi connectivity index (χ2v) is 9.66. The van der Waals surface area contributed by atoms with Crippen molar-refractivity contribution >= 4 is 15.9 Å². The number of hydrogen-bond acceptors (Lipinski definition) is 5. The molecule has 0 unspecified atom stereocenters. The fourth-order valence-electron chi connectivity index (χ4n) is 3.45. The van der Waals surface area contributed by atoms with Crippen molar-refractivity contribution in [2.24, 2.45) is 0 Å². The van der Waals surface area contributed by atoms with E-state index in [1.54, 1.807) is 37.9 Å². The van der Waals surface area contributed by atoms with Crippen molar-refractivity contribution in [1.82, 2.24) is 19.0 Å². The minimum Gasteiger partial charge on any atom is -0.468 e. The Morgan fingerprint density at radius 2 is 1.77 bits per heavy atom. The highest BCUT2D eigenvalue weighted by atomic mass is 32.2. The van der Waals surface area contributed by atoms with Crippen LogP contribution in [-0.4, -0.2) is 47.4 Å². The topological polar surface area (TPSA) is 88.7 Å². The number of aromatic nitrogens is 2. The molecule has 0 atom stereocenters. The van der Waals surface area contributed by atoms with Gasteiger partial charge in [-0.25, -0.2) is 8.42 Å². The first-order valence-corrected chi connectivity index (χ1v) is 11.4. The monoisotopic (exact) mass is 444 g/mol. The molecule has 2 heterocycles. The Labute approximate surface area is 183 Å². The lowest BCUT2D eigenvalue weighted by atomic mass is 10.1. The van der Waals surface area contributed by atoms with Crippen molar-refractivity contribution in [2.45, 2.75) is 45.3 Å². The smallest absolute Gasteiger partial charge is 0.246 e. The van der Waals surface area contributed by atoms with E-state index in [4.69, 9.17) is 4.42 Å². The fraction of sp³-hybridized carbons (Fsp3) is 0.364. The Morgan fingerprint density at radius 3 is 2.42 bits per heavy atom. The Hall–Kier alpha value is -2.91. The Morgan fingerprint density at radius 1 is 1.06 bits per heavy atom. The maximum absolute atomic E-state index is 13.1. The van der Waals surface area contributed by atoms with Gasteiger partial charge >= 0.3 is 0 Å². The summed E-state index contributed by atoms with van der Waals surface area (Å²) in [5.41, 5.74) is 2.97. The van der Waals surface area contributed by atoms with E-state index in [1.165, 1.54) is 22.3 Å². The number of amides is 1. The summed E-state index contributed by atoms with van der Waals surface area (Å²) in [5, 5.41) is 4.34. The van der Waals surface area contributed by atoms with Crippen LogP contribution in [0.1, 0.15) is 28.3 Å². The molecule has 0 spiro atoms. The first-order chi connectivity index (χ1) is 14.6. The van der Waals surface area contributed by atoms with Crippen molar-refractivity contribution in [3.05, 3.63) is 70.9 Å². The van der Waals surface area contributed by atoms with Crippen LogP contribution in [0.15, 0.2) is 52.0 Å². The molecule has 9 heteroatoms. The summed E-state index contributed by atoms with van der Waals surface area (Å²) in [5.74, 6) is 0.392. The van der Waals surface area contributed by atoms with Crippen molar-refractivity contribution in [1.29, 1.82) is 0 Å². The van der Waals surface area contributed by atoms with Crippen LogP contribution in [0.4, 0.5) is 0 Å². The van der Waals surface area contributed by atoms with Crippen molar-refractivity contribution < 1.29 is 17.6 Å². The summed E-state index contributed by atoms with van der Waals surface area (Å²) in [6, 6.07) is 11.3. The van der Waals surface area contributed by atoms with Crippen LogP contribution in [0, 0.1) is 20.8 Å². The van der Waals surface area contributed by atoms with Crippen LogP contribution in [0.25, 0.3) is 0 Å². The van der Waals surface area contributed by atoms with E-state index in [1.807, 2.05) is 31.2 Å². The van der Waals surface area contributed by atoms with Gasteiger partial charge in [0.25, 0.3) is 0 Å². The number of carbonyl (C=O) groups is 1. The van der Waals surface area contributed by atoms with Crippen LogP contribution >= 0.6 is 0 Å². The summed E-state index contributed by atoms with van der Waals surface area (Å²) in [6.07, 6.45) is 1.50. The molecule has 1 amide bonds. The number of likely N-dealkylation sites (N-methyl/N-ethyl adjacent to an activating group) is 1. The lowest BCUT2D eigenvalue weighted by Gasteiger charge is -2.19. The third-order valence-corrected chi connectivity index (χ3v) is 7.38. The highest BCUT2D eigenvalue weighted by Crippen LogP contribution is 2.24. The zero-order valence-corrected chi connectivity index (χ0v) is 19.3.